The number of aromatic amines is 1. The SMILES string of the molecule is CCOC(=O)CC(=O)COc1ccc(Cl)cc1.Cn1[nH]c(COc2ccc(Cl)cc2)cc1=O.Cn1c(COc2ccc(Cl)cc2)cc(=O)n1C. The van der Waals surface area contributed by atoms with E-state index >= 15 is 0 Å². The number of hydrogen-bond acceptors (Lipinski definition) is 8. The Morgan fingerprint density at radius 1 is 0.660 bits per heavy atom. The molecule has 1 N–H and O–H groups in total. The second kappa shape index (κ2) is 19.9. The van der Waals surface area contributed by atoms with Gasteiger partial charge >= 0.3 is 5.97 Å². The topological polar surface area (TPSA) is 136 Å². The van der Waals surface area contributed by atoms with Gasteiger partial charge in [0.1, 0.15) is 43.5 Å². The van der Waals surface area contributed by atoms with E-state index < -0.39 is 5.97 Å². The van der Waals surface area contributed by atoms with Crippen molar-refractivity contribution < 1.29 is 28.5 Å². The Bertz CT molecular complexity index is 1930. The summed E-state index contributed by atoms with van der Waals surface area (Å²) in [4.78, 5) is 44.9. The molecule has 5 rings (SSSR count). The largest absolute Gasteiger partial charge is 0.487 e. The minimum absolute atomic E-state index is 0.0396. The number of carbonyl (C=O) groups is 2. The number of nitrogens with one attached hydrogen (secondary N) is 1. The molecule has 0 bridgehead atoms. The third kappa shape index (κ3) is 13.5. The van der Waals surface area contributed by atoms with Gasteiger partial charge in [-0.2, -0.15) is 0 Å². The second-order valence-corrected chi connectivity index (χ2v) is 11.8. The number of esters is 1. The number of hydrogen-bond donors (Lipinski definition) is 1. The molecule has 0 saturated heterocycles. The maximum atomic E-state index is 11.4. The Morgan fingerprint density at radius 2 is 1.14 bits per heavy atom. The van der Waals surface area contributed by atoms with E-state index in [2.05, 4.69) is 9.84 Å². The molecule has 50 heavy (non-hydrogen) atoms. The molecule has 0 unspecified atom stereocenters. The third-order valence-corrected chi connectivity index (χ3v) is 7.44. The van der Waals surface area contributed by atoms with Crippen molar-refractivity contribution in [2.24, 2.45) is 21.1 Å². The van der Waals surface area contributed by atoms with Gasteiger partial charge in [-0.15, -0.1) is 0 Å². The summed E-state index contributed by atoms with van der Waals surface area (Å²) in [6.45, 7) is 2.49. The Morgan fingerprint density at radius 3 is 1.56 bits per heavy atom. The van der Waals surface area contributed by atoms with E-state index in [1.807, 2.05) is 7.05 Å². The predicted molar refractivity (Wildman–Crippen MR) is 191 cm³/mol. The third-order valence-electron chi connectivity index (χ3n) is 6.68. The lowest BCUT2D eigenvalue weighted by molar-refractivity contribution is -0.145. The molecule has 12 nitrogen and oxygen atoms in total. The lowest BCUT2D eigenvalue weighted by Crippen LogP contribution is -2.17. The molecule has 0 atom stereocenters. The molecule has 15 heteroatoms. The molecule has 266 valence electrons. The van der Waals surface area contributed by atoms with Crippen molar-refractivity contribution in [1.82, 2.24) is 19.1 Å². The van der Waals surface area contributed by atoms with Crippen LogP contribution in [0.3, 0.4) is 0 Å². The van der Waals surface area contributed by atoms with Crippen LogP contribution in [0.15, 0.2) is 94.5 Å². The van der Waals surface area contributed by atoms with E-state index in [0.29, 0.717) is 39.8 Å². The molecule has 0 radical (unpaired) electrons. The summed E-state index contributed by atoms with van der Waals surface area (Å²) in [6.07, 6.45) is -0.262. The minimum Gasteiger partial charge on any atom is -0.487 e. The van der Waals surface area contributed by atoms with Crippen LogP contribution in [0.1, 0.15) is 24.7 Å². The number of rotatable bonds is 12. The molecule has 5 aromatic rings. The first kappa shape index (κ1) is 39.5. The first-order valence-electron chi connectivity index (χ1n) is 15.1. The monoisotopic (exact) mass is 746 g/mol. The van der Waals surface area contributed by atoms with E-state index in [-0.39, 0.29) is 36.5 Å². The number of nitrogens with zero attached hydrogens (tertiary/aromatic N) is 3. The quantitative estimate of drug-likeness (QED) is 0.119. The molecule has 0 saturated carbocycles. The number of H-pyrrole nitrogens is 1. The van der Waals surface area contributed by atoms with Crippen molar-refractivity contribution in [3.05, 3.63) is 132 Å². The molecule has 2 heterocycles. The standard InChI is InChI=1S/C12H13ClN2O2.C12H13ClO4.C11H11ClN2O2/c1-14-10(7-12(16)15(14)2)8-17-11-5-3-9(13)4-6-11;1-2-16-12(15)7-10(14)8-17-11-5-3-9(13)4-6-11;1-14-11(15)6-9(13-14)7-16-10-4-2-8(12)3-5-10/h3-7H,8H2,1-2H3;3-6H,2,7-8H2,1H3;2-6,13H,7H2,1H3. The van der Waals surface area contributed by atoms with Crippen molar-refractivity contribution in [3.63, 3.8) is 0 Å². The van der Waals surface area contributed by atoms with Crippen molar-refractivity contribution in [3.8, 4) is 17.2 Å². The number of ketones is 1. The zero-order valence-electron chi connectivity index (χ0n) is 27.9. The van der Waals surface area contributed by atoms with E-state index in [0.717, 1.165) is 17.1 Å². The molecule has 0 aliphatic carbocycles. The Kier molecular flexibility index (Phi) is 15.8. The Labute approximate surface area is 303 Å². The maximum Gasteiger partial charge on any atom is 0.313 e. The summed E-state index contributed by atoms with van der Waals surface area (Å²) in [5.41, 5.74) is 1.45. The first-order chi connectivity index (χ1) is 23.8. The molecule has 0 spiro atoms. The van der Waals surface area contributed by atoms with E-state index in [1.165, 1.54) is 15.4 Å². The maximum absolute atomic E-state index is 11.4. The Hall–Kier alpha value is -4.91. The van der Waals surface area contributed by atoms with E-state index in [9.17, 15) is 19.2 Å². The smallest absolute Gasteiger partial charge is 0.313 e. The molecule has 0 fully saturated rings. The number of carbonyl (C=O) groups excluding carboxylic acids is 2. The fraction of sp³-hybridized carbons (Fsp3) is 0.257. The van der Waals surface area contributed by atoms with Crippen molar-refractivity contribution >= 4 is 46.6 Å². The molecule has 0 aliphatic heterocycles. The summed E-state index contributed by atoms with van der Waals surface area (Å²) in [7, 11) is 5.20. The van der Waals surface area contributed by atoms with Crippen LogP contribution in [0, 0.1) is 0 Å². The van der Waals surface area contributed by atoms with Gasteiger partial charge in [-0.1, -0.05) is 34.8 Å². The molecule has 2 aromatic heterocycles. The highest BCUT2D eigenvalue weighted by Crippen LogP contribution is 2.18. The fourth-order valence-electron chi connectivity index (χ4n) is 3.93. The van der Waals surface area contributed by atoms with Crippen LogP contribution in [0.2, 0.25) is 15.1 Å². The van der Waals surface area contributed by atoms with Crippen LogP contribution < -0.4 is 25.3 Å². The van der Waals surface area contributed by atoms with Gasteiger partial charge in [0.05, 0.1) is 18.0 Å². The predicted octanol–water partition coefficient (Wildman–Crippen LogP) is 6.14. The highest BCUT2D eigenvalue weighted by atomic mass is 35.5. The van der Waals surface area contributed by atoms with Gasteiger partial charge in [-0.25, -0.2) is 0 Å². The van der Waals surface area contributed by atoms with Gasteiger partial charge in [0.15, 0.2) is 5.78 Å². The average molecular weight is 748 g/mol. The van der Waals surface area contributed by atoms with Crippen LogP contribution in [0.25, 0.3) is 0 Å². The van der Waals surface area contributed by atoms with Crippen molar-refractivity contribution in [1.29, 1.82) is 0 Å². The van der Waals surface area contributed by atoms with Gasteiger partial charge < -0.3 is 18.9 Å². The van der Waals surface area contributed by atoms with Crippen LogP contribution in [-0.2, 0) is 48.7 Å². The van der Waals surface area contributed by atoms with Crippen molar-refractivity contribution in [2.45, 2.75) is 26.6 Å². The van der Waals surface area contributed by atoms with Gasteiger partial charge in [-0.3, -0.25) is 38.3 Å². The van der Waals surface area contributed by atoms with Gasteiger partial charge in [0.25, 0.3) is 11.1 Å². The number of aryl methyl sites for hydroxylation is 1. The summed E-state index contributed by atoms with van der Waals surface area (Å²) >= 11 is 17.2. The lowest BCUT2D eigenvalue weighted by atomic mass is 10.3. The highest BCUT2D eigenvalue weighted by Gasteiger charge is 2.11. The summed E-state index contributed by atoms with van der Waals surface area (Å²) in [6, 6.07) is 23.9. The van der Waals surface area contributed by atoms with Crippen LogP contribution in [0.5, 0.6) is 17.2 Å². The van der Waals surface area contributed by atoms with Crippen molar-refractivity contribution in [2.75, 3.05) is 13.2 Å². The number of halogens is 3. The Balaban J connectivity index is 0.000000203. The minimum atomic E-state index is -0.530. The second-order valence-electron chi connectivity index (χ2n) is 10.4. The first-order valence-corrected chi connectivity index (χ1v) is 16.3. The number of ether oxygens (including phenoxy) is 4. The molecule has 0 aliphatic rings. The van der Waals surface area contributed by atoms with E-state index in [1.54, 1.807) is 105 Å². The highest BCUT2D eigenvalue weighted by molar-refractivity contribution is 6.31. The van der Waals surface area contributed by atoms with E-state index in [4.69, 9.17) is 49.0 Å². The molecular formula is C35H37Cl3N4O8. The van der Waals surface area contributed by atoms with Crippen LogP contribution >= 0.6 is 34.8 Å². The van der Waals surface area contributed by atoms with Gasteiger partial charge in [0.2, 0.25) is 0 Å². The number of benzene rings is 3. The fourth-order valence-corrected chi connectivity index (χ4v) is 4.30. The van der Waals surface area contributed by atoms with Gasteiger partial charge in [-0.05, 0) is 79.7 Å². The number of Topliss-reactive ketones (excluding diaryl/α,β-unsaturated/α-hetero) is 1. The van der Waals surface area contributed by atoms with Gasteiger partial charge in [0, 0.05) is 48.3 Å². The summed E-state index contributed by atoms with van der Waals surface area (Å²) < 4.78 is 25.6. The lowest BCUT2D eigenvalue weighted by Gasteiger charge is -2.08. The average Bonchev–Trinajstić information content (AvgIpc) is 3.55. The molecular weight excluding hydrogens is 711 g/mol. The molecule has 3 aromatic carbocycles. The summed E-state index contributed by atoms with van der Waals surface area (Å²) in [5.74, 6) is 1.13. The van der Waals surface area contributed by atoms with Crippen LogP contribution in [0.4, 0.5) is 0 Å². The molecule has 0 amide bonds. The zero-order chi connectivity index (χ0) is 36.6. The normalized spacial score (nSPS) is 10.2. The summed E-state index contributed by atoms with van der Waals surface area (Å²) in [5, 5.41) is 4.81. The van der Waals surface area contributed by atoms with Crippen LogP contribution in [-0.4, -0.2) is 44.1 Å². The zero-order valence-corrected chi connectivity index (χ0v) is 30.1. The number of aromatic nitrogens is 4.